The van der Waals surface area contributed by atoms with Crippen LogP contribution in [0.3, 0.4) is 0 Å². The molecule has 0 saturated heterocycles. The number of hydrogen-bond donors (Lipinski definition) is 2. The molecule has 0 spiro atoms. The molecule has 0 aromatic carbocycles. The van der Waals surface area contributed by atoms with Crippen LogP contribution in [0, 0.1) is 0 Å². The van der Waals surface area contributed by atoms with Crippen LogP contribution in [0.5, 0.6) is 0 Å². The predicted octanol–water partition coefficient (Wildman–Crippen LogP) is -0.180. The molecule has 19 heavy (non-hydrogen) atoms. The highest BCUT2D eigenvalue weighted by atomic mass is 16.3. The van der Waals surface area contributed by atoms with Crippen molar-refractivity contribution in [2.45, 2.75) is 25.9 Å². The first-order chi connectivity index (χ1) is 9.19. The van der Waals surface area contributed by atoms with E-state index in [0.29, 0.717) is 18.0 Å². The molecule has 8 heteroatoms. The van der Waals surface area contributed by atoms with Crippen molar-refractivity contribution in [3.8, 4) is 11.6 Å². The molecule has 2 heterocycles. The van der Waals surface area contributed by atoms with Crippen LogP contribution >= 0.6 is 0 Å². The van der Waals surface area contributed by atoms with E-state index in [-0.39, 0.29) is 25.1 Å². The monoisotopic (exact) mass is 265 g/mol. The summed E-state index contributed by atoms with van der Waals surface area (Å²) in [6.07, 6.45) is 2.02. The summed E-state index contributed by atoms with van der Waals surface area (Å²) in [6, 6.07) is 3.34. The number of hydrogen-bond acceptors (Lipinski definition) is 6. The lowest BCUT2D eigenvalue weighted by Crippen LogP contribution is -2.36. The van der Waals surface area contributed by atoms with Gasteiger partial charge in [-0.05, 0) is 30.7 Å². The highest BCUT2D eigenvalue weighted by molar-refractivity contribution is 5.75. The predicted molar refractivity (Wildman–Crippen MR) is 64.8 cm³/mol. The number of tetrazole rings is 1. The van der Waals surface area contributed by atoms with Crippen LogP contribution in [0.15, 0.2) is 22.8 Å². The summed E-state index contributed by atoms with van der Waals surface area (Å²) in [5.41, 5.74) is 0. The zero-order valence-corrected chi connectivity index (χ0v) is 10.5. The van der Waals surface area contributed by atoms with E-state index >= 15 is 0 Å². The van der Waals surface area contributed by atoms with Gasteiger partial charge in [0.05, 0.1) is 6.26 Å². The lowest BCUT2D eigenvalue weighted by molar-refractivity contribution is -0.122. The molecule has 2 aromatic rings. The van der Waals surface area contributed by atoms with Crippen molar-refractivity contribution in [2.75, 3.05) is 6.61 Å². The van der Waals surface area contributed by atoms with E-state index in [1.165, 1.54) is 11.1 Å². The Labute approximate surface area is 109 Å². The van der Waals surface area contributed by atoms with Crippen molar-refractivity contribution >= 4 is 5.91 Å². The third-order valence-corrected chi connectivity index (χ3v) is 2.45. The molecule has 2 N–H and O–H groups in total. The van der Waals surface area contributed by atoms with Crippen molar-refractivity contribution < 1.29 is 14.3 Å². The minimum absolute atomic E-state index is 0.0243. The Morgan fingerprint density at radius 3 is 3.16 bits per heavy atom. The maximum atomic E-state index is 11.6. The van der Waals surface area contributed by atoms with E-state index in [9.17, 15) is 4.79 Å². The zero-order chi connectivity index (χ0) is 13.7. The topological polar surface area (TPSA) is 106 Å². The van der Waals surface area contributed by atoms with Crippen LogP contribution in [-0.2, 0) is 11.3 Å². The minimum atomic E-state index is -0.232. The third-order valence-electron chi connectivity index (χ3n) is 2.45. The van der Waals surface area contributed by atoms with Gasteiger partial charge in [0.15, 0.2) is 5.76 Å². The number of nitrogens with one attached hydrogen (secondary N) is 1. The van der Waals surface area contributed by atoms with Gasteiger partial charge in [0.1, 0.15) is 6.54 Å². The van der Waals surface area contributed by atoms with E-state index in [2.05, 4.69) is 20.7 Å². The fourth-order valence-corrected chi connectivity index (χ4v) is 1.53. The van der Waals surface area contributed by atoms with Gasteiger partial charge >= 0.3 is 0 Å². The molecule has 1 unspecified atom stereocenters. The van der Waals surface area contributed by atoms with Crippen LogP contribution < -0.4 is 5.32 Å². The molecule has 0 aliphatic rings. The van der Waals surface area contributed by atoms with Crippen molar-refractivity contribution in [1.82, 2.24) is 25.5 Å². The van der Waals surface area contributed by atoms with Gasteiger partial charge in [-0.3, -0.25) is 4.79 Å². The second-order valence-corrected chi connectivity index (χ2v) is 4.10. The molecule has 0 radical (unpaired) electrons. The number of aliphatic hydroxyl groups is 1. The number of aromatic nitrogens is 4. The Balaban J connectivity index is 1.91. The second-order valence-electron chi connectivity index (χ2n) is 4.10. The van der Waals surface area contributed by atoms with Crippen LogP contribution in [0.25, 0.3) is 11.6 Å². The first-order valence-corrected chi connectivity index (χ1v) is 5.91. The highest BCUT2D eigenvalue weighted by Gasteiger charge is 2.12. The van der Waals surface area contributed by atoms with Crippen LogP contribution in [0.2, 0.25) is 0 Å². The number of carbonyl (C=O) groups excluding carboxylic acids is 1. The van der Waals surface area contributed by atoms with E-state index in [1.54, 1.807) is 12.1 Å². The van der Waals surface area contributed by atoms with Gasteiger partial charge < -0.3 is 14.8 Å². The van der Waals surface area contributed by atoms with Crippen LogP contribution in [0.4, 0.5) is 0 Å². The smallest absolute Gasteiger partial charge is 0.243 e. The summed E-state index contributed by atoms with van der Waals surface area (Å²) in [5.74, 6) is 0.603. The Bertz CT molecular complexity index is 522. The molecule has 0 bridgehead atoms. The fourth-order valence-electron chi connectivity index (χ4n) is 1.53. The molecule has 2 aromatic heterocycles. The summed E-state index contributed by atoms with van der Waals surface area (Å²) >= 11 is 0. The van der Waals surface area contributed by atoms with Crippen LogP contribution in [-0.4, -0.2) is 43.9 Å². The first-order valence-electron chi connectivity index (χ1n) is 5.91. The summed E-state index contributed by atoms with van der Waals surface area (Å²) in [7, 11) is 0. The molecule has 8 nitrogen and oxygen atoms in total. The molecular weight excluding hydrogens is 250 g/mol. The van der Waals surface area contributed by atoms with Gasteiger partial charge in [-0.2, -0.15) is 4.80 Å². The van der Waals surface area contributed by atoms with Gasteiger partial charge in [-0.15, -0.1) is 10.2 Å². The molecule has 1 atom stereocenters. The Morgan fingerprint density at radius 1 is 1.63 bits per heavy atom. The third kappa shape index (κ3) is 3.62. The van der Waals surface area contributed by atoms with Gasteiger partial charge in [0.25, 0.3) is 0 Å². The SMILES string of the molecule is CC(CCO)NC(=O)Cn1nnc(-c2ccco2)n1. The fraction of sp³-hybridized carbons (Fsp3) is 0.455. The molecule has 0 fully saturated rings. The van der Waals surface area contributed by atoms with E-state index in [4.69, 9.17) is 9.52 Å². The van der Waals surface area contributed by atoms with Crippen molar-refractivity contribution in [1.29, 1.82) is 0 Å². The minimum Gasteiger partial charge on any atom is -0.461 e. The molecule has 0 saturated carbocycles. The summed E-state index contributed by atoms with van der Waals surface area (Å²) < 4.78 is 5.13. The highest BCUT2D eigenvalue weighted by Crippen LogP contribution is 2.12. The molecule has 0 aliphatic heterocycles. The number of carbonyl (C=O) groups is 1. The van der Waals surface area contributed by atoms with Crippen molar-refractivity contribution in [2.24, 2.45) is 0 Å². The maximum Gasteiger partial charge on any atom is 0.243 e. The average Bonchev–Trinajstić information content (AvgIpc) is 2.98. The second kappa shape index (κ2) is 6.10. The number of aliphatic hydroxyl groups excluding tert-OH is 1. The summed E-state index contributed by atoms with van der Waals surface area (Å²) in [4.78, 5) is 12.8. The van der Waals surface area contributed by atoms with Gasteiger partial charge in [-0.1, -0.05) is 0 Å². The molecule has 0 aliphatic carbocycles. The van der Waals surface area contributed by atoms with Crippen molar-refractivity contribution in [3.63, 3.8) is 0 Å². The largest absolute Gasteiger partial charge is 0.461 e. The van der Waals surface area contributed by atoms with Gasteiger partial charge in [0, 0.05) is 12.6 Å². The summed E-state index contributed by atoms with van der Waals surface area (Å²) in [6.45, 7) is 1.83. The quantitative estimate of drug-likeness (QED) is 0.750. The van der Waals surface area contributed by atoms with E-state index in [0.717, 1.165) is 0 Å². The Kier molecular flexibility index (Phi) is 4.24. The molecule has 102 valence electrons. The van der Waals surface area contributed by atoms with Gasteiger partial charge in [-0.25, -0.2) is 0 Å². The molecular formula is C11H15N5O3. The standard InChI is InChI=1S/C11H15N5O3/c1-8(4-5-17)12-10(18)7-16-14-11(13-15-16)9-3-2-6-19-9/h2-3,6,8,17H,4-5,7H2,1H3,(H,12,18). The molecule has 2 rings (SSSR count). The number of rotatable bonds is 6. The maximum absolute atomic E-state index is 11.6. The molecule has 1 amide bonds. The summed E-state index contributed by atoms with van der Waals surface area (Å²) in [5, 5.41) is 23.1. The number of amides is 1. The van der Waals surface area contributed by atoms with Crippen LogP contribution in [0.1, 0.15) is 13.3 Å². The Hall–Kier alpha value is -2.22. The van der Waals surface area contributed by atoms with E-state index < -0.39 is 0 Å². The normalized spacial score (nSPS) is 12.3. The number of furan rings is 1. The number of nitrogens with zero attached hydrogens (tertiary/aromatic N) is 4. The van der Waals surface area contributed by atoms with E-state index in [1.807, 2.05) is 6.92 Å². The van der Waals surface area contributed by atoms with Crippen molar-refractivity contribution in [3.05, 3.63) is 18.4 Å². The Morgan fingerprint density at radius 2 is 2.47 bits per heavy atom. The van der Waals surface area contributed by atoms with Gasteiger partial charge in [0.2, 0.25) is 11.7 Å². The first kappa shape index (κ1) is 13.2. The lowest BCUT2D eigenvalue weighted by Gasteiger charge is -2.11. The average molecular weight is 265 g/mol. The zero-order valence-electron chi connectivity index (χ0n) is 10.5. The lowest BCUT2D eigenvalue weighted by atomic mass is 10.2.